The van der Waals surface area contributed by atoms with Gasteiger partial charge >= 0.3 is 0 Å². The summed E-state index contributed by atoms with van der Waals surface area (Å²) >= 11 is 0. The Morgan fingerprint density at radius 2 is 1.88 bits per heavy atom. The number of aryl methyl sites for hydroxylation is 1. The molecule has 174 valence electrons. The molecule has 1 N–H and O–H groups in total. The van der Waals surface area contributed by atoms with Crippen LogP contribution in [0, 0.1) is 6.92 Å². The topological polar surface area (TPSA) is 86.6 Å². The number of pyridine rings is 1. The van der Waals surface area contributed by atoms with Crippen molar-refractivity contribution in [3.8, 4) is 0 Å². The Hall–Kier alpha value is -3.94. The number of benzene rings is 1. The molecule has 0 atom stereocenters. The van der Waals surface area contributed by atoms with Crippen molar-refractivity contribution in [1.29, 1.82) is 0 Å². The van der Waals surface area contributed by atoms with E-state index in [1.807, 2.05) is 48.4 Å². The maximum Gasteiger partial charge on any atom is 0.257 e. The smallest absolute Gasteiger partial charge is 0.257 e. The number of amides is 2. The minimum Gasteiger partial charge on any atom is -0.339 e. The molecular weight excluding hydrogens is 428 g/mol. The SMILES string of the molecule is Cc1[nH]ncc1CN(C)C(=O)c1cnn2ccc(C3CCN(C(=O)c4ccccc4)CC3)cc12. The Morgan fingerprint density at radius 3 is 2.59 bits per heavy atom. The second-order valence-corrected chi connectivity index (χ2v) is 8.96. The number of H-pyrrole nitrogens is 1. The molecule has 1 aliphatic heterocycles. The lowest BCUT2D eigenvalue weighted by Gasteiger charge is -2.32. The first-order chi connectivity index (χ1) is 16.5. The monoisotopic (exact) mass is 456 g/mol. The van der Waals surface area contributed by atoms with Gasteiger partial charge in [-0.1, -0.05) is 18.2 Å². The third-order valence-electron chi connectivity index (χ3n) is 6.74. The van der Waals surface area contributed by atoms with E-state index in [2.05, 4.69) is 27.4 Å². The number of rotatable bonds is 5. The van der Waals surface area contributed by atoms with E-state index in [1.54, 1.807) is 28.9 Å². The van der Waals surface area contributed by atoms with Gasteiger partial charge in [-0.25, -0.2) is 4.52 Å². The van der Waals surface area contributed by atoms with Crippen molar-refractivity contribution in [2.24, 2.45) is 0 Å². The highest BCUT2D eigenvalue weighted by Crippen LogP contribution is 2.30. The largest absolute Gasteiger partial charge is 0.339 e. The first-order valence-electron chi connectivity index (χ1n) is 11.6. The van der Waals surface area contributed by atoms with Crippen LogP contribution in [0.3, 0.4) is 0 Å². The van der Waals surface area contributed by atoms with Gasteiger partial charge in [0.25, 0.3) is 11.8 Å². The van der Waals surface area contributed by atoms with Crippen LogP contribution in [0.2, 0.25) is 0 Å². The number of nitrogens with zero attached hydrogens (tertiary/aromatic N) is 5. The normalized spacial score (nSPS) is 14.5. The van der Waals surface area contributed by atoms with Gasteiger partial charge in [-0.05, 0) is 55.5 Å². The van der Waals surface area contributed by atoms with E-state index in [0.29, 0.717) is 18.0 Å². The Labute approximate surface area is 198 Å². The molecule has 8 nitrogen and oxygen atoms in total. The average Bonchev–Trinajstić information content (AvgIpc) is 3.49. The molecule has 0 saturated carbocycles. The zero-order chi connectivity index (χ0) is 23.7. The molecule has 0 unspecified atom stereocenters. The van der Waals surface area contributed by atoms with Gasteiger partial charge in [0.15, 0.2) is 0 Å². The predicted molar refractivity (Wildman–Crippen MR) is 129 cm³/mol. The standard InChI is InChI=1S/C26H28N6O2/c1-18-22(15-27-29-18)17-30(2)26(34)23-16-28-32-13-10-21(14-24(23)32)19-8-11-31(12-9-19)25(33)20-6-4-3-5-7-20/h3-7,10,13-16,19H,8-9,11-12,17H2,1-2H3,(H,27,29). The molecule has 34 heavy (non-hydrogen) atoms. The lowest BCUT2D eigenvalue weighted by atomic mass is 9.89. The summed E-state index contributed by atoms with van der Waals surface area (Å²) < 4.78 is 1.75. The van der Waals surface area contributed by atoms with Gasteiger partial charge in [-0.3, -0.25) is 14.7 Å². The molecular formula is C26H28N6O2. The molecule has 0 radical (unpaired) electrons. The lowest BCUT2D eigenvalue weighted by molar-refractivity contribution is 0.0712. The molecule has 1 aliphatic rings. The van der Waals surface area contributed by atoms with Gasteiger partial charge in [-0.15, -0.1) is 0 Å². The highest BCUT2D eigenvalue weighted by molar-refractivity contribution is 6.00. The van der Waals surface area contributed by atoms with Gasteiger partial charge in [0.1, 0.15) is 0 Å². The number of aromatic amines is 1. The molecule has 3 aromatic heterocycles. The molecule has 8 heteroatoms. The van der Waals surface area contributed by atoms with Crippen LogP contribution in [0.1, 0.15) is 56.3 Å². The molecule has 0 spiro atoms. The number of hydrogen-bond acceptors (Lipinski definition) is 4. The van der Waals surface area contributed by atoms with E-state index < -0.39 is 0 Å². The van der Waals surface area contributed by atoms with Gasteiger partial charge in [-0.2, -0.15) is 10.2 Å². The van der Waals surface area contributed by atoms with E-state index in [-0.39, 0.29) is 11.8 Å². The number of likely N-dealkylation sites (tertiary alicyclic amines) is 1. The highest BCUT2D eigenvalue weighted by atomic mass is 16.2. The molecule has 4 aromatic rings. The Kier molecular flexibility index (Phi) is 5.88. The van der Waals surface area contributed by atoms with E-state index in [4.69, 9.17) is 0 Å². The van der Waals surface area contributed by atoms with Crippen molar-refractivity contribution in [3.63, 3.8) is 0 Å². The summed E-state index contributed by atoms with van der Waals surface area (Å²) in [6, 6.07) is 13.6. The third-order valence-corrected chi connectivity index (χ3v) is 6.74. The van der Waals surface area contributed by atoms with Crippen LogP contribution in [-0.2, 0) is 6.54 Å². The van der Waals surface area contributed by atoms with E-state index in [1.165, 1.54) is 5.56 Å². The van der Waals surface area contributed by atoms with E-state index in [9.17, 15) is 9.59 Å². The van der Waals surface area contributed by atoms with E-state index in [0.717, 1.165) is 48.3 Å². The summed E-state index contributed by atoms with van der Waals surface area (Å²) in [4.78, 5) is 29.6. The maximum absolute atomic E-state index is 13.2. The molecule has 1 saturated heterocycles. The molecule has 1 fully saturated rings. The van der Waals surface area contributed by atoms with Crippen LogP contribution in [0.4, 0.5) is 0 Å². The number of nitrogens with one attached hydrogen (secondary N) is 1. The second-order valence-electron chi connectivity index (χ2n) is 8.96. The van der Waals surface area contributed by atoms with Gasteiger partial charge < -0.3 is 9.80 Å². The third kappa shape index (κ3) is 4.19. The molecule has 0 aliphatic carbocycles. The Morgan fingerprint density at radius 1 is 1.12 bits per heavy atom. The van der Waals surface area contributed by atoms with Crippen LogP contribution >= 0.6 is 0 Å². The molecule has 4 heterocycles. The number of aromatic nitrogens is 4. The number of carbonyl (C=O) groups is 2. The zero-order valence-electron chi connectivity index (χ0n) is 19.4. The second kappa shape index (κ2) is 9.13. The van der Waals surface area contributed by atoms with Crippen molar-refractivity contribution in [1.82, 2.24) is 29.6 Å². The highest BCUT2D eigenvalue weighted by Gasteiger charge is 2.26. The van der Waals surface area contributed by atoms with Crippen LogP contribution in [0.15, 0.2) is 61.1 Å². The molecule has 0 bridgehead atoms. The maximum atomic E-state index is 13.2. The van der Waals surface area contributed by atoms with Crippen LogP contribution in [0.5, 0.6) is 0 Å². The van der Waals surface area contributed by atoms with Crippen LogP contribution in [-0.4, -0.2) is 61.6 Å². The van der Waals surface area contributed by atoms with Crippen LogP contribution in [0.25, 0.3) is 5.52 Å². The first kappa shape index (κ1) is 21.9. The predicted octanol–water partition coefficient (Wildman–Crippen LogP) is 3.66. The minimum atomic E-state index is -0.0731. The number of carbonyl (C=O) groups excluding carboxylic acids is 2. The molecule has 5 rings (SSSR count). The minimum absolute atomic E-state index is 0.0731. The lowest BCUT2D eigenvalue weighted by Crippen LogP contribution is -2.37. The molecule has 1 aromatic carbocycles. The Balaban J connectivity index is 1.30. The average molecular weight is 457 g/mol. The van der Waals surface area contributed by atoms with Crippen molar-refractivity contribution < 1.29 is 9.59 Å². The molecule has 2 amide bonds. The summed E-state index contributed by atoms with van der Waals surface area (Å²) in [6.45, 7) is 3.87. The first-order valence-corrected chi connectivity index (χ1v) is 11.6. The van der Waals surface area contributed by atoms with Crippen molar-refractivity contribution >= 4 is 17.3 Å². The van der Waals surface area contributed by atoms with Crippen LogP contribution < -0.4 is 0 Å². The fourth-order valence-electron chi connectivity index (χ4n) is 4.66. The number of hydrogen-bond donors (Lipinski definition) is 1. The summed E-state index contributed by atoms with van der Waals surface area (Å²) in [5, 5.41) is 11.3. The summed E-state index contributed by atoms with van der Waals surface area (Å²) in [5.41, 5.74) is 5.26. The fourth-order valence-corrected chi connectivity index (χ4v) is 4.66. The fraction of sp³-hybridized carbons (Fsp3) is 0.308. The van der Waals surface area contributed by atoms with E-state index >= 15 is 0 Å². The van der Waals surface area contributed by atoms with Crippen molar-refractivity contribution in [3.05, 3.63) is 89.0 Å². The summed E-state index contributed by atoms with van der Waals surface area (Å²) in [7, 11) is 1.79. The van der Waals surface area contributed by atoms with Gasteiger partial charge in [0.05, 0.1) is 23.5 Å². The van der Waals surface area contributed by atoms with Crippen molar-refractivity contribution in [2.45, 2.75) is 32.2 Å². The number of piperidine rings is 1. The summed E-state index contributed by atoms with van der Waals surface area (Å²) in [5.74, 6) is 0.360. The summed E-state index contributed by atoms with van der Waals surface area (Å²) in [6.07, 6.45) is 7.10. The van der Waals surface area contributed by atoms with Gasteiger partial charge in [0.2, 0.25) is 0 Å². The quantitative estimate of drug-likeness (QED) is 0.497. The van der Waals surface area contributed by atoms with Crippen molar-refractivity contribution in [2.75, 3.05) is 20.1 Å². The Bertz CT molecular complexity index is 1320. The zero-order valence-corrected chi connectivity index (χ0v) is 19.4. The number of fused-ring (bicyclic) bond motifs is 1. The van der Waals surface area contributed by atoms with Gasteiger partial charge in [0, 0.05) is 49.7 Å².